The molecule has 20 heavy (non-hydrogen) atoms. The van der Waals surface area contributed by atoms with E-state index in [1.165, 1.54) is 0 Å². The van der Waals surface area contributed by atoms with Crippen molar-refractivity contribution in [3.05, 3.63) is 59.1 Å². The van der Waals surface area contributed by atoms with Crippen LogP contribution < -0.4 is 9.64 Å². The molecule has 0 aliphatic carbocycles. The van der Waals surface area contributed by atoms with Crippen molar-refractivity contribution >= 4 is 17.3 Å². The molecule has 1 atom stereocenters. The first-order valence-corrected chi connectivity index (χ1v) is 7.24. The number of hydrogen-bond donors (Lipinski definition) is 0. The van der Waals surface area contributed by atoms with Crippen LogP contribution in [0.15, 0.2) is 48.5 Å². The first-order valence-electron chi connectivity index (χ1n) is 6.86. The van der Waals surface area contributed by atoms with Crippen LogP contribution in [-0.2, 0) is 0 Å². The van der Waals surface area contributed by atoms with Crippen LogP contribution in [0.25, 0.3) is 0 Å². The third kappa shape index (κ3) is 3.45. The van der Waals surface area contributed by atoms with Crippen molar-refractivity contribution in [1.82, 2.24) is 0 Å². The molecule has 0 radical (unpaired) electrons. The highest BCUT2D eigenvalue weighted by molar-refractivity contribution is 6.31. The maximum atomic E-state index is 6.04. The molecule has 2 aromatic rings. The molecule has 0 spiro atoms. The van der Waals surface area contributed by atoms with Crippen LogP contribution >= 0.6 is 11.6 Å². The smallest absolute Gasteiger partial charge is 0.169 e. The van der Waals surface area contributed by atoms with E-state index in [2.05, 4.69) is 30.9 Å². The Labute approximate surface area is 125 Å². The Morgan fingerprint density at radius 1 is 1.15 bits per heavy atom. The number of hydrogen-bond acceptors (Lipinski definition) is 2. The van der Waals surface area contributed by atoms with E-state index in [0.29, 0.717) is 0 Å². The fraction of sp³-hybridized carbons (Fsp3) is 0.294. The molecule has 0 aromatic heterocycles. The van der Waals surface area contributed by atoms with Crippen molar-refractivity contribution in [2.45, 2.75) is 27.0 Å². The summed E-state index contributed by atoms with van der Waals surface area (Å²) in [6.07, 6.45) is -0.0389. The number of nitrogens with zero attached hydrogens (tertiary/aromatic N) is 1. The number of halogens is 1. The van der Waals surface area contributed by atoms with E-state index >= 15 is 0 Å². The largest absolute Gasteiger partial charge is 0.471 e. The minimum absolute atomic E-state index is 0.0389. The summed E-state index contributed by atoms with van der Waals surface area (Å²) < 4.78 is 6.02. The van der Waals surface area contributed by atoms with Crippen molar-refractivity contribution in [2.75, 3.05) is 11.4 Å². The summed E-state index contributed by atoms with van der Waals surface area (Å²) in [6, 6.07) is 16.0. The van der Waals surface area contributed by atoms with E-state index in [4.69, 9.17) is 16.3 Å². The number of aryl methyl sites for hydroxylation is 1. The molecule has 0 N–H and O–H groups in total. The summed E-state index contributed by atoms with van der Waals surface area (Å²) in [5.41, 5.74) is 2.19. The van der Waals surface area contributed by atoms with Crippen LogP contribution in [-0.4, -0.2) is 12.8 Å². The maximum absolute atomic E-state index is 6.04. The van der Waals surface area contributed by atoms with Gasteiger partial charge in [0.2, 0.25) is 0 Å². The number of rotatable bonds is 5. The number of benzene rings is 2. The van der Waals surface area contributed by atoms with Crippen LogP contribution in [0.1, 0.15) is 19.4 Å². The molecule has 0 saturated carbocycles. The van der Waals surface area contributed by atoms with Crippen molar-refractivity contribution in [3.63, 3.8) is 0 Å². The summed E-state index contributed by atoms with van der Waals surface area (Å²) in [5, 5.41) is 0.764. The maximum Gasteiger partial charge on any atom is 0.169 e. The number of anilines is 1. The molecule has 0 bridgehead atoms. The van der Waals surface area contributed by atoms with Gasteiger partial charge in [-0.25, -0.2) is 0 Å². The lowest BCUT2D eigenvalue weighted by Gasteiger charge is -2.30. The summed E-state index contributed by atoms with van der Waals surface area (Å²) in [7, 11) is 0. The van der Waals surface area contributed by atoms with Crippen LogP contribution in [0, 0.1) is 6.92 Å². The Hall–Kier alpha value is -1.67. The van der Waals surface area contributed by atoms with Crippen molar-refractivity contribution in [2.24, 2.45) is 0 Å². The van der Waals surface area contributed by atoms with Gasteiger partial charge in [0.25, 0.3) is 0 Å². The standard InChI is InChI=1S/C17H20ClNO/c1-4-19(15-8-6-5-7-9-15)14(3)20-16-10-11-17(18)13(2)12-16/h5-12,14H,4H2,1-3H3. The lowest BCUT2D eigenvalue weighted by Crippen LogP contribution is -2.37. The average molecular weight is 290 g/mol. The Morgan fingerprint density at radius 3 is 2.45 bits per heavy atom. The minimum Gasteiger partial charge on any atom is -0.471 e. The van der Waals surface area contributed by atoms with Gasteiger partial charge in [-0.2, -0.15) is 0 Å². The molecule has 1 unspecified atom stereocenters. The third-order valence-corrected chi connectivity index (χ3v) is 3.73. The van der Waals surface area contributed by atoms with E-state index < -0.39 is 0 Å². The number of ether oxygens (including phenoxy) is 1. The quantitative estimate of drug-likeness (QED) is 0.726. The molecule has 2 rings (SSSR count). The molecule has 0 aliphatic rings. The monoisotopic (exact) mass is 289 g/mol. The topological polar surface area (TPSA) is 12.5 Å². The van der Waals surface area contributed by atoms with E-state index in [1.54, 1.807) is 0 Å². The molecule has 0 saturated heterocycles. The highest BCUT2D eigenvalue weighted by Gasteiger charge is 2.14. The second-order valence-corrected chi connectivity index (χ2v) is 5.16. The lowest BCUT2D eigenvalue weighted by molar-refractivity contribution is 0.216. The van der Waals surface area contributed by atoms with Gasteiger partial charge >= 0.3 is 0 Å². The molecular formula is C17H20ClNO. The Bertz CT molecular complexity index is 556. The SMILES string of the molecule is CCN(c1ccccc1)C(C)Oc1ccc(Cl)c(C)c1. The fourth-order valence-electron chi connectivity index (χ4n) is 2.22. The van der Waals surface area contributed by atoms with Crippen molar-refractivity contribution in [3.8, 4) is 5.75 Å². The number of para-hydroxylation sites is 1. The molecule has 0 heterocycles. The second-order valence-electron chi connectivity index (χ2n) is 4.75. The zero-order chi connectivity index (χ0) is 14.5. The average Bonchev–Trinajstić information content (AvgIpc) is 2.45. The van der Waals surface area contributed by atoms with Crippen LogP contribution in [0.4, 0.5) is 5.69 Å². The van der Waals surface area contributed by atoms with E-state index in [-0.39, 0.29) is 6.23 Å². The van der Waals surface area contributed by atoms with Crippen molar-refractivity contribution in [1.29, 1.82) is 0 Å². The molecule has 0 amide bonds. The minimum atomic E-state index is -0.0389. The van der Waals surface area contributed by atoms with Gasteiger partial charge in [0, 0.05) is 17.3 Å². The Morgan fingerprint density at radius 2 is 1.85 bits per heavy atom. The zero-order valence-corrected chi connectivity index (χ0v) is 12.9. The highest BCUT2D eigenvalue weighted by atomic mass is 35.5. The third-order valence-electron chi connectivity index (χ3n) is 3.30. The molecule has 2 aromatic carbocycles. The predicted molar refractivity (Wildman–Crippen MR) is 85.7 cm³/mol. The van der Waals surface area contributed by atoms with Gasteiger partial charge in [-0.15, -0.1) is 0 Å². The van der Waals surface area contributed by atoms with Gasteiger partial charge in [0.1, 0.15) is 5.75 Å². The molecule has 3 heteroatoms. The van der Waals surface area contributed by atoms with E-state index in [1.807, 2.05) is 43.3 Å². The molecular weight excluding hydrogens is 270 g/mol. The van der Waals surface area contributed by atoms with Crippen LogP contribution in [0.5, 0.6) is 5.75 Å². The van der Waals surface area contributed by atoms with Crippen molar-refractivity contribution < 1.29 is 4.74 Å². The Kier molecular flexibility index (Phi) is 4.91. The second kappa shape index (κ2) is 6.67. The first kappa shape index (κ1) is 14.7. The van der Waals surface area contributed by atoms with Gasteiger partial charge in [-0.05, 0) is 56.7 Å². The zero-order valence-electron chi connectivity index (χ0n) is 12.1. The van der Waals surface area contributed by atoms with Crippen LogP contribution in [0.3, 0.4) is 0 Å². The van der Waals surface area contributed by atoms with Gasteiger partial charge < -0.3 is 9.64 Å². The van der Waals surface area contributed by atoms with E-state index in [0.717, 1.165) is 28.6 Å². The highest BCUT2D eigenvalue weighted by Crippen LogP contribution is 2.24. The van der Waals surface area contributed by atoms with Gasteiger partial charge in [0.15, 0.2) is 6.23 Å². The lowest BCUT2D eigenvalue weighted by atomic mass is 10.2. The fourth-order valence-corrected chi connectivity index (χ4v) is 2.34. The van der Waals surface area contributed by atoms with Gasteiger partial charge in [0.05, 0.1) is 0 Å². The predicted octanol–water partition coefficient (Wildman–Crippen LogP) is 4.90. The Balaban J connectivity index is 2.13. The molecule has 0 aliphatic heterocycles. The molecule has 106 valence electrons. The molecule has 0 fully saturated rings. The van der Waals surface area contributed by atoms with Crippen LogP contribution in [0.2, 0.25) is 5.02 Å². The van der Waals surface area contributed by atoms with E-state index in [9.17, 15) is 0 Å². The molecule has 2 nitrogen and oxygen atoms in total. The normalized spacial score (nSPS) is 12.0. The summed E-state index contributed by atoms with van der Waals surface area (Å²) in [6.45, 7) is 7.05. The summed E-state index contributed by atoms with van der Waals surface area (Å²) in [4.78, 5) is 2.21. The summed E-state index contributed by atoms with van der Waals surface area (Å²) in [5.74, 6) is 0.841. The first-order chi connectivity index (χ1) is 9.61. The van der Waals surface area contributed by atoms with Gasteiger partial charge in [-0.3, -0.25) is 0 Å². The summed E-state index contributed by atoms with van der Waals surface area (Å²) >= 11 is 6.04. The van der Waals surface area contributed by atoms with Gasteiger partial charge in [-0.1, -0.05) is 29.8 Å².